The summed E-state index contributed by atoms with van der Waals surface area (Å²) in [6.45, 7) is 5.76. The lowest BCUT2D eigenvalue weighted by Crippen LogP contribution is -2.47. The van der Waals surface area contributed by atoms with Crippen molar-refractivity contribution >= 4 is 11.6 Å². The number of carbonyl (C=O) groups is 1. The van der Waals surface area contributed by atoms with E-state index < -0.39 is 0 Å². The molecule has 0 bridgehead atoms. The first-order valence-corrected chi connectivity index (χ1v) is 6.18. The fourth-order valence-corrected chi connectivity index (χ4v) is 3.46. The van der Waals surface area contributed by atoms with E-state index in [9.17, 15) is 4.79 Å². The molecule has 1 aliphatic heterocycles. The van der Waals surface area contributed by atoms with E-state index in [1.165, 1.54) is 11.1 Å². The van der Waals surface area contributed by atoms with Gasteiger partial charge in [0.25, 0.3) is 0 Å². The molecule has 1 aromatic carbocycles. The summed E-state index contributed by atoms with van der Waals surface area (Å²) in [7, 11) is 0. The number of rotatable bonds is 0. The molecule has 0 radical (unpaired) electrons. The van der Waals surface area contributed by atoms with Crippen LogP contribution in [0.25, 0.3) is 0 Å². The second-order valence-electron chi connectivity index (χ2n) is 5.31. The van der Waals surface area contributed by atoms with Crippen molar-refractivity contribution < 1.29 is 4.79 Å². The number of carbonyl (C=O) groups excluding carboxylic acids is 1. The summed E-state index contributed by atoms with van der Waals surface area (Å²) in [5.74, 6) is 0.157. The van der Waals surface area contributed by atoms with E-state index in [4.69, 9.17) is 0 Å². The molecule has 1 heterocycles. The maximum absolute atomic E-state index is 12.0. The number of anilines is 1. The second-order valence-corrected chi connectivity index (χ2v) is 5.31. The SMILES string of the molecule is C=C1CCC2(C1)Cc1ccccc1N2C(C)=O. The Kier molecular flexibility index (Phi) is 2.15. The van der Waals surface area contributed by atoms with Crippen LogP contribution in [0.15, 0.2) is 36.4 Å². The smallest absolute Gasteiger partial charge is 0.224 e. The monoisotopic (exact) mass is 227 g/mol. The van der Waals surface area contributed by atoms with Crippen molar-refractivity contribution in [3.63, 3.8) is 0 Å². The van der Waals surface area contributed by atoms with Gasteiger partial charge in [-0.3, -0.25) is 4.79 Å². The van der Waals surface area contributed by atoms with Gasteiger partial charge in [-0.25, -0.2) is 0 Å². The summed E-state index contributed by atoms with van der Waals surface area (Å²) < 4.78 is 0. The van der Waals surface area contributed by atoms with E-state index in [2.05, 4.69) is 24.8 Å². The van der Waals surface area contributed by atoms with Gasteiger partial charge in [0.1, 0.15) is 0 Å². The maximum atomic E-state index is 12.0. The van der Waals surface area contributed by atoms with Gasteiger partial charge >= 0.3 is 0 Å². The Hall–Kier alpha value is -1.57. The number of benzene rings is 1. The predicted molar refractivity (Wildman–Crippen MR) is 69.0 cm³/mol. The zero-order valence-electron chi connectivity index (χ0n) is 10.2. The lowest BCUT2D eigenvalue weighted by Gasteiger charge is -2.34. The fraction of sp³-hybridized carbons (Fsp3) is 0.400. The third-order valence-electron chi connectivity index (χ3n) is 4.06. The Bertz CT molecular complexity index is 505. The van der Waals surface area contributed by atoms with Crippen LogP contribution in [0.2, 0.25) is 0 Å². The topological polar surface area (TPSA) is 20.3 Å². The first-order chi connectivity index (χ1) is 8.12. The Morgan fingerprint density at radius 2 is 2.12 bits per heavy atom. The van der Waals surface area contributed by atoms with Crippen LogP contribution in [0.1, 0.15) is 31.7 Å². The van der Waals surface area contributed by atoms with Crippen LogP contribution >= 0.6 is 0 Å². The average Bonchev–Trinajstić information content (AvgIpc) is 2.79. The summed E-state index contributed by atoms with van der Waals surface area (Å²) >= 11 is 0. The molecule has 88 valence electrons. The van der Waals surface area contributed by atoms with Crippen molar-refractivity contribution in [3.05, 3.63) is 42.0 Å². The lowest BCUT2D eigenvalue weighted by molar-refractivity contribution is -0.117. The zero-order valence-corrected chi connectivity index (χ0v) is 10.2. The van der Waals surface area contributed by atoms with Gasteiger partial charge in [-0.2, -0.15) is 0 Å². The first-order valence-electron chi connectivity index (χ1n) is 6.18. The van der Waals surface area contributed by atoms with E-state index in [0.717, 1.165) is 31.4 Å². The second kappa shape index (κ2) is 3.46. The highest BCUT2D eigenvalue weighted by molar-refractivity contribution is 5.96. The Labute approximate surface area is 102 Å². The Balaban J connectivity index is 2.10. The van der Waals surface area contributed by atoms with E-state index in [1.54, 1.807) is 6.92 Å². The van der Waals surface area contributed by atoms with Crippen LogP contribution in [-0.2, 0) is 11.2 Å². The minimum atomic E-state index is -0.00734. The van der Waals surface area contributed by atoms with Crippen molar-refractivity contribution in [1.82, 2.24) is 0 Å². The number of amides is 1. The number of para-hydroxylation sites is 1. The molecular weight excluding hydrogens is 210 g/mol. The van der Waals surface area contributed by atoms with Gasteiger partial charge in [-0.05, 0) is 37.3 Å². The van der Waals surface area contributed by atoms with Crippen LogP contribution in [-0.4, -0.2) is 11.4 Å². The van der Waals surface area contributed by atoms with Gasteiger partial charge in [0.2, 0.25) is 5.91 Å². The molecule has 17 heavy (non-hydrogen) atoms. The molecule has 1 atom stereocenters. The van der Waals surface area contributed by atoms with E-state index in [1.807, 2.05) is 11.0 Å². The van der Waals surface area contributed by atoms with Crippen molar-refractivity contribution in [1.29, 1.82) is 0 Å². The largest absolute Gasteiger partial charge is 0.306 e. The predicted octanol–water partition coefficient (Wildman–Crippen LogP) is 3.07. The molecule has 2 aliphatic rings. The molecule has 1 saturated carbocycles. The van der Waals surface area contributed by atoms with Crippen molar-refractivity contribution in [2.45, 2.75) is 38.1 Å². The highest BCUT2D eigenvalue weighted by Crippen LogP contribution is 2.48. The van der Waals surface area contributed by atoms with Gasteiger partial charge in [0, 0.05) is 12.6 Å². The molecule has 0 aromatic heterocycles. The Morgan fingerprint density at radius 1 is 1.35 bits per heavy atom. The minimum Gasteiger partial charge on any atom is -0.306 e. The fourth-order valence-electron chi connectivity index (χ4n) is 3.46. The molecule has 0 N–H and O–H groups in total. The van der Waals surface area contributed by atoms with Crippen LogP contribution in [0.4, 0.5) is 5.69 Å². The van der Waals surface area contributed by atoms with Gasteiger partial charge in [-0.1, -0.05) is 30.4 Å². The van der Waals surface area contributed by atoms with E-state index >= 15 is 0 Å². The molecule has 1 aromatic rings. The molecule has 0 saturated heterocycles. The normalized spacial score (nSPS) is 26.6. The van der Waals surface area contributed by atoms with Crippen molar-refractivity contribution in [2.24, 2.45) is 0 Å². The van der Waals surface area contributed by atoms with Crippen LogP contribution < -0.4 is 4.90 Å². The summed E-state index contributed by atoms with van der Waals surface area (Å²) in [6.07, 6.45) is 4.06. The molecular formula is C15H17NO. The van der Waals surface area contributed by atoms with Crippen molar-refractivity contribution in [2.75, 3.05) is 4.90 Å². The lowest BCUT2D eigenvalue weighted by atomic mass is 9.92. The third kappa shape index (κ3) is 1.43. The summed E-state index contributed by atoms with van der Waals surface area (Å²) in [4.78, 5) is 14.0. The summed E-state index contributed by atoms with van der Waals surface area (Å²) in [5, 5.41) is 0. The molecule has 1 amide bonds. The highest BCUT2D eigenvalue weighted by atomic mass is 16.2. The van der Waals surface area contributed by atoms with Gasteiger partial charge in [0.05, 0.1) is 5.54 Å². The van der Waals surface area contributed by atoms with Crippen LogP contribution in [0.3, 0.4) is 0 Å². The minimum absolute atomic E-state index is 0.00734. The van der Waals surface area contributed by atoms with Gasteiger partial charge < -0.3 is 4.90 Å². The average molecular weight is 227 g/mol. The van der Waals surface area contributed by atoms with E-state index in [-0.39, 0.29) is 11.4 Å². The third-order valence-corrected chi connectivity index (χ3v) is 4.06. The van der Waals surface area contributed by atoms with Crippen LogP contribution in [0.5, 0.6) is 0 Å². The van der Waals surface area contributed by atoms with Crippen LogP contribution in [0, 0.1) is 0 Å². The quantitative estimate of drug-likeness (QED) is 0.624. The van der Waals surface area contributed by atoms with Crippen molar-refractivity contribution in [3.8, 4) is 0 Å². The molecule has 1 fully saturated rings. The molecule has 1 unspecified atom stereocenters. The standard InChI is InChI=1S/C15H17NO/c1-11-7-8-15(9-11)10-13-5-3-4-6-14(13)16(15)12(2)17/h3-6H,1,7-10H2,2H3. The first kappa shape index (κ1) is 10.6. The Morgan fingerprint density at radius 3 is 2.76 bits per heavy atom. The number of hydrogen-bond donors (Lipinski definition) is 0. The van der Waals surface area contributed by atoms with Gasteiger partial charge in [0.15, 0.2) is 0 Å². The molecule has 2 heteroatoms. The van der Waals surface area contributed by atoms with Gasteiger partial charge in [-0.15, -0.1) is 0 Å². The molecule has 3 rings (SSSR count). The number of hydrogen-bond acceptors (Lipinski definition) is 1. The summed E-state index contributed by atoms with van der Waals surface area (Å²) in [5.41, 5.74) is 3.68. The number of nitrogens with zero attached hydrogens (tertiary/aromatic N) is 1. The highest BCUT2D eigenvalue weighted by Gasteiger charge is 2.48. The molecule has 1 spiro atoms. The van der Waals surface area contributed by atoms with E-state index in [0.29, 0.717) is 0 Å². The summed E-state index contributed by atoms with van der Waals surface area (Å²) in [6, 6.07) is 8.27. The zero-order chi connectivity index (χ0) is 12.0. The molecule has 2 nitrogen and oxygen atoms in total. The number of fused-ring (bicyclic) bond motifs is 1. The molecule has 1 aliphatic carbocycles. The maximum Gasteiger partial charge on any atom is 0.224 e.